The van der Waals surface area contributed by atoms with E-state index in [4.69, 9.17) is 0 Å². The molecule has 1 saturated heterocycles. The standard InChI is InChI=1S/C14H15F2N5O3S2/c15-10-2-1-3-11(16)13(10)26(23,24)21-6-4-20(5-7-21)12(22)8-25-14-17-9-18-19-14/h1-3,9H,4-8H2,(H,17,18,19). The van der Waals surface area contributed by atoms with Gasteiger partial charge in [0.1, 0.15) is 18.0 Å². The van der Waals surface area contributed by atoms with Crippen molar-refractivity contribution in [3.63, 3.8) is 0 Å². The molecule has 8 nitrogen and oxygen atoms in total. The normalized spacial score (nSPS) is 16.0. The van der Waals surface area contributed by atoms with Gasteiger partial charge in [0.15, 0.2) is 10.1 Å². The third kappa shape index (κ3) is 3.86. The average Bonchev–Trinajstić information content (AvgIpc) is 3.13. The molecule has 1 fully saturated rings. The Balaban J connectivity index is 1.62. The molecular formula is C14H15F2N5O3S2. The lowest BCUT2D eigenvalue weighted by molar-refractivity contribution is -0.129. The second kappa shape index (κ2) is 7.68. The van der Waals surface area contributed by atoms with Crippen molar-refractivity contribution in [1.82, 2.24) is 24.4 Å². The first-order chi connectivity index (χ1) is 12.4. The minimum atomic E-state index is -4.30. The summed E-state index contributed by atoms with van der Waals surface area (Å²) < 4.78 is 53.6. The highest BCUT2D eigenvalue weighted by atomic mass is 32.2. The van der Waals surface area contributed by atoms with Crippen LogP contribution in [0, 0.1) is 11.6 Å². The van der Waals surface area contributed by atoms with Crippen LogP contribution in [0.1, 0.15) is 0 Å². The molecule has 1 aliphatic heterocycles. The number of hydrogen-bond acceptors (Lipinski definition) is 6. The van der Waals surface area contributed by atoms with Crippen LogP contribution in [0.3, 0.4) is 0 Å². The lowest BCUT2D eigenvalue weighted by Crippen LogP contribution is -2.51. The summed E-state index contributed by atoms with van der Waals surface area (Å²) in [5.74, 6) is -2.32. The number of thioether (sulfide) groups is 1. The summed E-state index contributed by atoms with van der Waals surface area (Å²) in [5.41, 5.74) is 0. The number of halogens is 2. The van der Waals surface area contributed by atoms with Gasteiger partial charge in [-0.25, -0.2) is 22.2 Å². The van der Waals surface area contributed by atoms with Crippen molar-refractivity contribution >= 4 is 27.7 Å². The summed E-state index contributed by atoms with van der Waals surface area (Å²) in [6.45, 7) is 0.222. The number of H-pyrrole nitrogens is 1. The summed E-state index contributed by atoms with van der Waals surface area (Å²) in [6.07, 6.45) is 1.33. The Hall–Kier alpha value is -2.05. The van der Waals surface area contributed by atoms with Gasteiger partial charge in [-0.1, -0.05) is 17.8 Å². The highest BCUT2D eigenvalue weighted by Crippen LogP contribution is 2.23. The fourth-order valence-electron chi connectivity index (χ4n) is 2.52. The van der Waals surface area contributed by atoms with Gasteiger partial charge in [-0.3, -0.25) is 9.89 Å². The van der Waals surface area contributed by atoms with Gasteiger partial charge in [-0.2, -0.15) is 9.40 Å². The van der Waals surface area contributed by atoms with E-state index in [0.29, 0.717) is 5.16 Å². The van der Waals surface area contributed by atoms with Crippen molar-refractivity contribution in [2.24, 2.45) is 0 Å². The van der Waals surface area contributed by atoms with Crippen LogP contribution in [0.5, 0.6) is 0 Å². The maximum Gasteiger partial charge on any atom is 0.249 e. The van der Waals surface area contributed by atoms with Crippen molar-refractivity contribution in [2.75, 3.05) is 31.9 Å². The zero-order valence-electron chi connectivity index (χ0n) is 13.4. The van der Waals surface area contributed by atoms with Crippen LogP contribution in [0.2, 0.25) is 0 Å². The number of hydrogen-bond donors (Lipinski definition) is 1. The van der Waals surface area contributed by atoms with Crippen LogP contribution in [-0.2, 0) is 14.8 Å². The van der Waals surface area contributed by atoms with Crippen molar-refractivity contribution in [3.05, 3.63) is 36.2 Å². The highest BCUT2D eigenvalue weighted by molar-refractivity contribution is 7.99. The Labute approximate surface area is 152 Å². The smallest absolute Gasteiger partial charge is 0.249 e. The van der Waals surface area contributed by atoms with Gasteiger partial charge in [0.05, 0.1) is 5.75 Å². The van der Waals surface area contributed by atoms with Crippen molar-refractivity contribution in [2.45, 2.75) is 10.1 Å². The summed E-state index contributed by atoms with van der Waals surface area (Å²) >= 11 is 1.18. The number of amides is 1. The monoisotopic (exact) mass is 403 g/mol. The predicted octanol–water partition coefficient (Wildman–Crippen LogP) is 0.708. The number of aromatic amines is 1. The lowest BCUT2D eigenvalue weighted by atomic mass is 10.3. The third-order valence-corrected chi connectivity index (χ3v) is 6.65. The van der Waals surface area contributed by atoms with Crippen LogP contribution < -0.4 is 0 Å². The van der Waals surface area contributed by atoms with Gasteiger partial charge in [0.2, 0.25) is 15.9 Å². The molecule has 1 aromatic heterocycles. The molecule has 0 bridgehead atoms. The Morgan fingerprint density at radius 1 is 1.19 bits per heavy atom. The lowest BCUT2D eigenvalue weighted by Gasteiger charge is -2.34. The van der Waals surface area contributed by atoms with Gasteiger partial charge >= 0.3 is 0 Å². The van der Waals surface area contributed by atoms with E-state index in [-0.39, 0.29) is 37.8 Å². The van der Waals surface area contributed by atoms with Crippen molar-refractivity contribution in [1.29, 1.82) is 0 Å². The van der Waals surface area contributed by atoms with E-state index in [0.717, 1.165) is 22.5 Å². The number of nitrogens with one attached hydrogen (secondary N) is 1. The van der Waals surface area contributed by atoms with Gasteiger partial charge in [0, 0.05) is 26.2 Å². The van der Waals surface area contributed by atoms with E-state index in [1.807, 2.05) is 0 Å². The maximum atomic E-state index is 13.8. The van der Waals surface area contributed by atoms with Gasteiger partial charge in [-0.05, 0) is 12.1 Å². The number of carbonyl (C=O) groups excluding carboxylic acids is 1. The summed E-state index contributed by atoms with van der Waals surface area (Å²) in [5, 5.41) is 6.81. The average molecular weight is 403 g/mol. The van der Waals surface area contributed by atoms with E-state index in [9.17, 15) is 22.0 Å². The van der Waals surface area contributed by atoms with Crippen molar-refractivity contribution in [3.8, 4) is 0 Å². The molecule has 0 saturated carbocycles. The highest BCUT2D eigenvalue weighted by Gasteiger charge is 2.34. The molecule has 0 unspecified atom stereocenters. The zero-order valence-corrected chi connectivity index (χ0v) is 15.1. The van der Waals surface area contributed by atoms with E-state index in [1.54, 1.807) is 0 Å². The van der Waals surface area contributed by atoms with Gasteiger partial charge in [-0.15, -0.1) is 0 Å². The van der Waals surface area contributed by atoms with E-state index >= 15 is 0 Å². The largest absolute Gasteiger partial charge is 0.339 e. The van der Waals surface area contributed by atoms with Gasteiger partial charge in [0.25, 0.3) is 0 Å². The number of benzene rings is 1. The molecule has 26 heavy (non-hydrogen) atoms. The molecular weight excluding hydrogens is 388 g/mol. The molecule has 12 heteroatoms. The molecule has 0 radical (unpaired) electrons. The molecule has 0 atom stereocenters. The van der Waals surface area contributed by atoms with Crippen molar-refractivity contribution < 1.29 is 22.0 Å². The molecule has 3 rings (SSSR count). The van der Waals surface area contributed by atoms with E-state index in [2.05, 4.69) is 15.2 Å². The maximum absolute atomic E-state index is 13.8. The fraction of sp³-hybridized carbons (Fsp3) is 0.357. The molecule has 2 heterocycles. The Kier molecular flexibility index (Phi) is 5.53. The molecule has 0 spiro atoms. The van der Waals surface area contributed by atoms with Crippen LogP contribution in [-0.4, -0.2) is 70.6 Å². The Morgan fingerprint density at radius 3 is 2.42 bits per heavy atom. The number of sulfonamides is 1. The fourth-order valence-corrected chi connectivity index (χ4v) is 4.73. The Bertz CT molecular complexity index is 864. The SMILES string of the molecule is O=C(CSc1ncn[nH]1)N1CCN(S(=O)(=O)c2c(F)cccc2F)CC1. The summed E-state index contributed by atoms with van der Waals surface area (Å²) in [6, 6.07) is 2.90. The Morgan fingerprint density at radius 2 is 1.85 bits per heavy atom. The minimum Gasteiger partial charge on any atom is -0.339 e. The molecule has 1 aromatic carbocycles. The molecule has 1 amide bonds. The van der Waals surface area contributed by atoms with Crippen LogP contribution in [0.4, 0.5) is 8.78 Å². The summed E-state index contributed by atoms with van der Waals surface area (Å²) in [4.78, 5) is 16.6. The molecule has 140 valence electrons. The molecule has 1 aliphatic rings. The van der Waals surface area contributed by atoms with Crippen LogP contribution in [0.25, 0.3) is 0 Å². The number of piperazine rings is 1. The first kappa shape index (κ1) is 18.7. The first-order valence-corrected chi connectivity index (χ1v) is 10.0. The number of rotatable bonds is 5. The topological polar surface area (TPSA) is 99.3 Å². The van der Waals surface area contributed by atoms with Crippen LogP contribution >= 0.6 is 11.8 Å². The second-order valence-electron chi connectivity index (χ2n) is 5.41. The zero-order chi connectivity index (χ0) is 18.7. The first-order valence-electron chi connectivity index (χ1n) is 7.59. The predicted molar refractivity (Wildman–Crippen MR) is 88.8 cm³/mol. The number of aromatic nitrogens is 3. The van der Waals surface area contributed by atoms with E-state index < -0.39 is 26.6 Å². The molecule has 2 aromatic rings. The summed E-state index contributed by atoms with van der Waals surface area (Å²) in [7, 11) is -4.30. The van der Waals surface area contributed by atoms with Crippen LogP contribution in [0.15, 0.2) is 34.6 Å². The second-order valence-corrected chi connectivity index (χ2v) is 8.25. The third-order valence-electron chi connectivity index (χ3n) is 3.83. The molecule has 0 aliphatic carbocycles. The number of nitrogens with zero attached hydrogens (tertiary/aromatic N) is 4. The van der Waals surface area contributed by atoms with Gasteiger partial charge < -0.3 is 4.90 Å². The van der Waals surface area contributed by atoms with E-state index in [1.165, 1.54) is 23.0 Å². The minimum absolute atomic E-state index is 0.0329. The quantitative estimate of drug-likeness (QED) is 0.738. The number of carbonyl (C=O) groups is 1. The molecule has 1 N–H and O–H groups in total.